The second-order valence-electron chi connectivity index (χ2n) is 6.62. The maximum atomic E-state index is 12.7. The number of methoxy groups -OCH3 is 1. The van der Waals surface area contributed by atoms with Gasteiger partial charge in [0.05, 0.1) is 18.1 Å². The lowest BCUT2D eigenvalue weighted by Crippen LogP contribution is -2.09. The lowest BCUT2D eigenvalue weighted by Gasteiger charge is -2.08. The molecule has 0 bridgehead atoms. The zero-order valence-electron chi connectivity index (χ0n) is 16.4. The third-order valence-corrected chi connectivity index (χ3v) is 4.47. The van der Waals surface area contributed by atoms with E-state index in [2.05, 4.69) is 0 Å². The summed E-state index contributed by atoms with van der Waals surface area (Å²) in [5, 5.41) is 0.316. The van der Waals surface area contributed by atoms with Gasteiger partial charge in [0, 0.05) is 6.07 Å². The van der Waals surface area contributed by atoms with Crippen LogP contribution in [0.2, 0.25) is 0 Å². The van der Waals surface area contributed by atoms with Gasteiger partial charge >= 0.3 is 5.97 Å². The number of hydrogen-bond donors (Lipinski definition) is 0. The second kappa shape index (κ2) is 8.13. The molecule has 1 heterocycles. The molecule has 0 unspecified atom stereocenters. The summed E-state index contributed by atoms with van der Waals surface area (Å²) in [6.07, 6.45) is 1.24. The Kier molecular flexibility index (Phi) is 5.22. The first-order chi connectivity index (χ1) is 14.5. The summed E-state index contributed by atoms with van der Waals surface area (Å²) in [5.41, 5.74) is 1.36. The average molecular weight is 402 g/mol. The third-order valence-electron chi connectivity index (χ3n) is 4.47. The normalized spacial score (nSPS) is 10.6. The van der Waals surface area contributed by atoms with Crippen LogP contribution < -0.4 is 19.6 Å². The van der Waals surface area contributed by atoms with Gasteiger partial charge in [-0.3, -0.25) is 4.79 Å². The average Bonchev–Trinajstić information content (AvgIpc) is 2.76. The van der Waals surface area contributed by atoms with Crippen LogP contribution in [0.15, 0.2) is 82.2 Å². The molecule has 0 saturated heterocycles. The van der Waals surface area contributed by atoms with Crippen molar-refractivity contribution in [2.24, 2.45) is 0 Å². The number of esters is 1. The Labute approximate surface area is 172 Å². The molecule has 0 radical (unpaired) electrons. The van der Waals surface area contributed by atoms with Crippen molar-refractivity contribution in [1.82, 2.24) is 0 Å². The molecule has 3 aromatic carbocycles. The van der Waals surface area contributed by atoms with Crippen molar-refractivity contribution < 1.29 is 23.4 Å². The van der Waals surface area contributed by atoms with Gasteiger partial charge in [0.2, 0.25) is 11.2 Å². The highest BCUT2D eigenvalue weighted by molar-refractivity contribution is 5.91. The van der Waals surface area contributed by atoms with E-state index >= 15 is 0 Å². The number of hydrogen-bond acceptors (Lipinski definition) is 6. The fraction of sp³-hybridized carbons (Fsp3) is 0.0833. The van der Waals surface area contributed by atoms with Crippen LogP contribution >= 0.6 is 0 Å². The van der Waals surface area contributed by atoms with Crippen LogP contribution in [-0.4, -0.2) is 13.1 Å². The second-order valence-corrected chi connectivity index (χ2v) is 6.62. The van der Waals surface area contributed by atoms with E-state index in [1.807, 2.05) is 13.0 Å². The standard InChI is InChI=1S/C24H18O6/c1-15-4-3-5-16(12-15)24(26)30-19-10-11-20-21(13-19)28-14-22(23(20)25)29-18-8-6-17(27-2)7-9-18/h3-14H,1-2H3. The summed E-state index contributed by atoms with van der Waals surface area (Å²) in [5.74, 6) is 1.00. The molecule has 0 N–H and O–H groups in total. The summed E-state index contributed by atoms with van der Waals surface area (Å²) in [6.45, 7) is 1.90. The quantitative estimate of drug-likeness (QED) is 0.341. The van der Waals surface area contributed by atoms with Crippen molar-refractivity contribution >= 4 is 16.9 Å². The van der Waals surface area contributed by atoms with Gasteiger partial charge in [-0.1, -0.05) is 17.7 Å². The highest BCUT2D eigenvalue weighted by atomic mass is 16.5. The van der Waals surface area contributed by atoms with Gasteiger partial charge in [-0.05, 0) is 55.5 Å². The molecule has 0 saturated carbocycles. The van der Waals surface area contributed by atoms with E-state index in [-0.39, 0.29) is 22.5 Å². The predicted molar refractivity (Wildman–Crippen MR) is 112 cm³/mol. The molecule has 30 heavy (non-hydrogen) atoms. The van der Waals surface area contributed by atoms with E-state index in [4.69, 9.17) is 18.6 Å². The largest absolute Gasteiger partial charge is 0.497 e. The van der Waals surface area contributed by atoms with E-state index in [9.17, 15) is 9.59 Å². The molecule has 0 spiro atoms. The molecule has 0 aliphatic carbocycles. The molecule has 0 aliphatic rings. The summed E-state index contributed by atoms with van der Waals surface area (Å²) in [4.78, 5) is 25.1. The number of rotatable bonds is 5. The fourth-order valence-electron chi connectivity index (χ4n) is 2.93. The number of fused-ring (bicyclic) bond motifs is 1. The molecule has 0 aliphatic heterocycles. The van der Waals surface area contributed by atoms with Gasteiger partial charge < -0.3 is 18.6 Å². The molecule has 4 rings (SSSR count). The van der Waals surface area contributed by atoms with Gasteiger partial charge in [0.15, 0.2) is 0 Å². The van der Waals surface area contributed by atoms with E-state index in [1.165, 1.54) is 12.3 Å². The topological polar surface area (TPSA) is 75.0 Å². The van der Waals surface area contributed by atoms with Crippen LogP contribution in [0.25, 0.3) is 11.0 Å². The van der Waals surface area contributed by atoms with E-state index in [0.29, 0.717) is 22.4 Å². The van der Waals surface area contributed by atoms with Crippen molar-refractivity contribution in [3.05, 3.63) is 94.3 Å². The number of aryl methyl sites for hydroxylation is 1. The predicted octanol–water partition coefficient (Wildman–Crippen LogP) is 5.12. The summed E-state index contributed by atoms with van der Waals surface area (Å²) < 4.78 is 21.7. The molecule has 0 atom stereocenters. The zero-order chi connectivity index (χ0) is 21.1. The fourth-order valence-corrected chi connectivity index (χ4v) is 2.93. The number of carbonyl (C=O) groups excluding carboxylic acids is 1. The molecule has 6 nitrogen and oxygen atoms in total. The van der Waals surface area contributed by atoms with Gasteiger partial charge in [-0.15, -0.1) is 0 Å². The van der Waals surface area contributed by atoms with Crippen molar-refractivity contribution in [1.29, 1.82) is 0 Å². The minimum Gasteiger partial charge on any atom is -0.497 e. The maximum Gasteiger partial charge on any atom is 0.343 e. The number of benzene rings is 3. The summed E-state index contributed by atoms with van der Waals surface area (Å²) >= 11 is 0. The Balaban J connectivity index is 1.57. The molecule has 0 amide bonds. The van der Waals surface area contributed by atoms with Crippen molar-refractivity contribution in [3.63, 3.8) is 0 Å². The van der Waals surface area contributed by atoms with Crippen molar-refractivity contribution in [2.75, 3.05) is 7.11 Å². The van der Waals surface area contributed by atoms with Crippen LogP contribution in [0.1, 0.15) is 15.9 Å². The van der Waals surface area contributed by atoms with Crippen LogP contribution in [0.3, 0.4) is 0 Å². The van der Waals surface area contributed by atoms with E-state index in [1.54, 1.807) is 61.7 Å². The van der Waals surface area contributed by atoms with Gasteiger partial charge in [-0.2, -0.15) is 0 Å². The minimum atomic E-state index is -0.486. The first-order valence-electron chi connectivity index (χ1n) is 9.20. The Morgan fingerprint density at radius 2 is 1.63 bits per heavy atom. The molecule has 0 fully saturated rings. The number of carbonyl (C=O) groups is 1. The van der Waals surface area contributed by atoms with Crippen LogP contribution in [-0.2, 0) is 0 Å². The zero-order valence-corrected chi connectivity index (χ0v) is 16.4. The van der Waals surface area contributed by atoms with Crippen molar-refractivity contribution in [3.8, 4) is 23.0 Å². The lowest BCUT2D eigenvalue weighted by molar-refractivity contribution is 0.0735. The smallest absolute Gasteiger partial charge is 0.343 e. The van der Waals surface area contributed by atoms with Gasteiger partial charge in [-0.25, -0.2) is 4.79 Å². The van der Waals surface area contributed by atoms with Gasteiger partial charge in [0.1, 0.15) is 29.1 Å². The minimum absolute atomic E-state index is 0.0529. The molecule has 6 heteroatoms. The lowest BCUT2D eigenvalue weighted by atomic mass is 10.1. The number of ether oxygens (including phenoxy) is 3. The molecule has 1 aromatic heterocycles. The first-order valence-corrected chi connectivity index (χ1v) is 9.20. The third kappa shape index (κ3) is 4.03. The maximum absolute atomic E-state index is 12.7. The van der Waals surface area contributed by atoms with Crippen molar-refractivity contribution in [2.45, 2.75) is 6.92 Å². The monoisotopic (exact) mass is 402 g/mol. The summed E-state index contributed by atoms with van der Waals surface area (Å²) in [7, 11) is 1.57. The Hall–Kier alpha value is -4.06. The van der Waals surface area contributed by atoms with E-state index < -0.39 is 5.97 Å². The SMILES string of the molecule is COc1ccc(Oc2coc3cc(OC(=O)c4cccc(C)c4)ccc3c2=O)cc1. The molecule has 150 valence electrons. The Morgan fingerprint density at radius 3 is 2.37 bits per heavy atom. The van der Waals surface area contributed by atoms with Crippen LogP contribution in [0, 0.1) is 6.92 Å². The Morgan fingerprint density at radius 1 is 0.900 bits per heavy atom. The Bertz CT molecular complexity index is 1270. The highest BCUT2D eigenvalue weighted by Crippen LogP contribution is 2.25. The molecule has 4 aromatic rings. The van der Waals surface area contributed by atoms with Gasteiger partial charge in [0.25, 0.3) is 0 Å². The summed E-state index contributed by atoms with van der Waals surface area (Å²) in [6, 6.07) is 18.5. The molecular weight excluding hydrogens is 384 g/mol. The van der Waals surface area contributed by atoms with Crippen LogP contribution in [0.5, 0.6) is 23.0 Å². The first kappa shape index (κ1) is 19.3. The van der Waals surface area contributed by atoms with Crippen LogP contribution in [0.4, 0.5) is 0 Å². The molecular formula is C24H18O6. The van der Waals surface area contributed by atoms with E-state index in [0.717, 1.165) is 5.56 Å². The highest BCUT2D eigenvalue weighted by Gasteiger charge is 2.13.